The van der Waals surface area contributed by atoms with Crippen LogP contribution in [0.1, 0.15) is 26.3 Å². The fourth-order valence-corrected chi connectivity index (χ4v) is 2.52. The summed E-state index contributed by atoms with van der Waals surface area (Å²) in [6, 6.07) is 2.04. The zero-order valence-corrected chi connectivity index (χ0v) is 10.8. The molecule has 1 aliphatic heterocycles. The Labute approximate surface area is 103 Å². The fraction of sp³-hybridized carbons (Fsp3) is 0.615. The van der Waals surface area contributed by atoms with Crippen molar-refractivity contribution in [3.8, 4) is 0 Å². The van der Waals surface area contributed by atoms with Crippen molar-refractivity contribution in [3.63, 3.8) is 0 Å². The van der Waals surface area contributed by atoms with Crippen LogP contribution in [-0.2, 0) is 11.3 Å². The van der Waals surface area contributed by atoms with E-state index in [0.29, 0.717) is 6.54 Å². The van der Waals surface area contributed by atoms with E-state index in [2.05, 4.69) is 30.7 Å². The van der Waals surface area contributed by atoms with Crippen molar-refractivity contribution in [2.75, 3.05) is 18.0 Å². The van der Waals surface area contributed by atoms with Crippen molar-refractivity contribution in [1.29, 1.82) is 0 Å². The maximum absolute atomic E-state index is 5.91. The maximum atomic E-state index is 5.91. The highest BCUT2D eigenvalue weighted by atomic mass is 16.5. The first-order valence-corrected chi connectivity index (χ1v) is 6.07. The number of rotatable bonds is 2. The summed E-state index contributed by atoms with van der Waals surface area (Å²) in [7, 11) is 0. The predicted molar refractivity (Wildman–Crippen MR) is 69.0 cm³/mol. The summed E-state index contributed by atoms with van der Waals surface area (Å²) >= 11 is 0. The Balaban J connectivity index is 2.27. The standard InChI is InChI=1S/C13H21N3O/c1-10-8-16(9-13(2,3)17-10)12-4-5-15-7-11(12)6-14/h4-5,7,10H,6,8-9,14H2,1-3H3. The molecule has 1 unspecified atom stereocenters. The molecule has 1 atom stereocenters. The SMILES string of the molecule is CC1CN(c2ccncc2CN)CC(C)(C)O1. The highest BCUT2D eigenvalue weighted by Crippen LogP contribution is 2.27. The van der Waals surface area contributed by atoms with Gasteiger partial charge in [-0.1, -0.05) is 0 Å². The second-order valence-corrected chi connectivity index (χ2v) is 5.28. The van der Waals surface area contributed by atoms with Gasteiger partial charge in [-0.05, 0) is 26.8 Å². The molecule has 94 valence electrons. The van der Waals surface area contributed by atoms with E-state index in [-0.39, 0.29) is 11.7 Å². The monoisotopic (exact) mass is 235 g/mol. The summed E-state index contributed by atoms with van der Waals surface area (Å²) < 4.78 is 5.91. The van der Waals surface area contributed by atoms with E-state index in [0.717, 1.165) is 18.7 Å². The Bertz CT molecular complexity index is 392. The average Bonchev–Trinajstić information content (AvgIpc) is 2.26. The molecule has 1 fully saturated rings. The van der Waals surface area contributed by atoms with E-state index in [4.69, 9.17) is 10.5 Å². The van der Waals surface area contributed by atoms with Crippen LogP contribution in [0.2, 0.25) is 0 Å². The zero-order chi connectivity index (χ0) is 12.5. The molecular weight excluding hydrogens is 214 g/mol. The van der Waals surface area contributed by atoms with Gasteiger partial charge in [-0.2, -0.15) is 0 Å². The first-order chi connectivity index (χ1) is 8.02. The van der Waals surface area contributed by atoms with Crippen molar-refractivity contribution in [2.24, 2.45) is 5.73 Å². The van der Waals surface area contributed by atoms with E-state index in [9.17, 15) is 0 Å². The normalized spacial score (nSPS) is 23.8. The summed E-state index contributed by atoms with van der Waals surface area (Å²) in [5.74, 6) is 0. The Morgan fingerprint density at radius 1 is 1.59 bits per heavy atom. The van der Waals surface area contributed by atoms with Crippen LogP contribution in [0.3, 0.4) is 0 Å². The summed E-state index contributed by atoms with van der Waals surface area (Å²) in [5, 5.41) is 0. The summed E-state index contributed by atoms with van der Waals surface area (Å²) in [6.07, 6.45) is 3.90. The first kappa shape index (κ1) is 12.3. The lowest BCUT2D eigenvalue weighted by atomic mass is 10.0. The number of aromatic nitrogens is 1. The van der Waals surface area contributed by atoms with Gasteiger partial charge >= 0.3 is 0 Å². The third-order valence-corrected chi connectivity index (χ3v) is 3.01. The molecular formula is C13H21N3O. The molecule has 0 amide bonds. The van der Waals surface area contributed by atoms with Gasteiger partial charge in [0.25, 0.3) is 0 Å². The largest absolute Gasteiger partial charge is 0.369 e. The molecule has 0 saturated carbocycles. The molecule has 0 aromatic carbocycles. The number of hydrogen-bond acceptors (Lipinski definition) is 4. The van der Waals surface area contributed by atoms with E-state index in [1.165, 1.54) is 5.69 Å². The van der Waals surface area contributed by atoms with Crippen LogP contribution in [0.4, 0.5) is 5.69 Å². The second-order valence-electron chi connectivity index (χ2n) is 5.28. The number of nitrogens with two attached hydrogens (primary N) is 1. The minimum Gasteiger partial charge on any atom is -0.369 e. The lowest BCUT2D eigenvalue weighted by molar-refractivity contribution is -0.0750. The number of anilines is 1. The lowest BCUT2D eigenvalue weighted by Crippen LogP contribution is -2.52. The number of ether oxygens (including phenoxy) is 1. The van der Waals surface area contributed by atoms with Gasteiger partial charge in [0.15, 0.2) is 0 Å². The Kier molecular flexibility index (Phi) is 3.35. The van der Waals surface area contributed by atoms with E-state index in [1.807, 2.05) is 18.5 Å². The summed E-state index contributed by atoms with van der Waals surface area (Å²) in [5.41, 5.74) is 7.92. The molecule has 1 aromatic rings. The van der Waals surface area contributed by atoms with Gasteiger partial charge in [0.05, 0.1) is 11.7 Å². The summed E-state index contributed by atoms with van der Waals surface area (Å²) in [6.45, 7) is 8.67. The molecule has 2 N–H and O–H groups in total. The third-order valence-electron chi connectivity index (χ3n) is 3.01. The number of morpholine rings is 1. The molecule has 0 aliphatic carbocycles. The van der Waals surface area contributed by atoms with Gasteiger partial charge in [-0.15, -0.1) is 0 Å². The molecule has 2 rings (SSSR count). The van der Waals surface area contributed by atoms with Crippen LogP contribution in [0, 0.1) is 0 Å². The quantitative estimate of drug-likeness (QED) is 0.845. The molecule has 1 aromatic heterocycles. The fourth-order valence-electron chi connectivity index (χ4n) is 2.52. The molecule has 0 spiro atoms. The lowest BCUT2D eigenvalue weighted by Gasteiger charge is -2.43. The van der Waals surface area contributed by atoms with Crippen molar-refractivity contribution >= 4 is 5.69 Å². The second kappa shape index (κ2) is 4.63. The molecule has 1 aliphatic rings. The topological polar surface area (TPSA) is 51.4 Å². The van der Waals surface area contributed by atoms with E-state index in [1.54, 1.807) is 0 Å². The van der Waals surface area contributed by atoms with Crippen molar-refractivity contribution in [3.05, 3.63) is 24.0 Å². The van der Waals surface area contributed by atoms with Gasteiger partial charge in [0.1, 0.15) is 0 Å². The predicted octanol–water partition coefficient (Wildman–Crippen LogP) is 1.54. The van der Waals surface area contributed by atoms with Gasteiger partial charge in [0.2, 0.25) is 0 Å². The zero-order valence-electron chi connectivity index (χ0n) is 10.8. The Morgan fingerprint density at radius 3 is 3.00 bits per heavy atom. The van der Waals surface area contributed by atoms with Crippen LogP contribution < -0.4 is 10.6 Å². The van der Waals surface area contributed by atoms with Crippen molar-refractivity contribution in [2.45, 2.75) is 39.0 Å². The minimum absolute atomic E-state index is 0.118. The number of pyridine rings is 1. The Hall–Kier alpha value is -1.13. The molecule has 0 radical (unpaired) electrons. The van der Waals surface area contributed by atoms with Crippen LogP contribution in [0.15, 0.2) is 18.5 Å². The van der Waals surface area contributed by atoms with Gasteiger partial charge in [-0.3, -0.25) is 4.98 Å². The van der Waals surface area contributed by atoms with Crippen LogP contribution >= 0.6 is 0 Å². The van der Waals surface area contributed by atoms with Crippen molar-refractivity contribution in [1.82, 2.24) is 4.98 Å². The van der Waals surface area contributed by atoms with E-state index >= 15 is 0 Å². The molecule has 1 saturated heterocycles. The molecule has 0 bridgehead atoms. The third kappa shape index (κ3) is 2.76. The average molecular weight is 235 g/mol. The number of hydrogen-bond donors (Lipinski definition) is 1. The van der Waals surface area contributed by atoms with Crippen molar-refractivity contribution < 1.29 is 4.74 Å². The highest BCUT2D eigenvalue weighted by molar-refractivity contribution is 5.53. The smallest absolute Gasteiger partial charge is 0.0805 e. The van der Waals surface area contributed by atoms with Crippen LogP contribution in [-0.4, -0.2) is 29.8 Å². The molecule has 4 heteroatoms. The first-order valence-electron chi connectivity index (χ1n) is 6.07. The van der Waals surface area contributed by atoms with Gasteiger partial charge in [0, 0.05) is 43.3 Å². The summed E-state index contributed by atoms with van der Waals surface area (Å²) in [4.78, 5) is 6.47. The molecule has 17 heavy (non-hydrogen) atoms. The molecule has 2 heterocycles. The van der Waals surface area contributed by atoms with Crippen LogP contribution in [0.5, 0.6) is 0 Å². The van der Waals surface area contributed by atoms with Crippen LogP contribution in [0.25, 0.3) is 0 Å². The number of nitrogens with zero attached hydrogens (tertiary/aromatic N) is 2. The van der Waals surface area contributed by atoms with Gasteiger partial charge in [-0.25, -0.2) is 0 Å². The minimum atomic E-state index is -0.118. The maximum Gasteiger partial charge on any atom is 0.0805 e. The Morgan fingerprint density at radius 2 is 2.35 bits per heavy atom. The highest BCUT2D eigenvalue weighted by Gasteiger charge is 2.31. The van der Waals surface area contributed by atoms with Gasteiger partial charge < -0.3 is 15.4 Å². The van der Waals surface area contributed by atoms with E-state index < -0.39 is 0 Å². The molecule has 4 nitrogen and oxygen atoms in total.